The number of ether oxygens (including phenoxy) is 1. The van der Waals surface area contributed by atoms with Crippen LogP contribution in [-0.4, -0.2) is 38.4 Å². The molecule has 2 heterocycles. The molecule has 3 aromatic rings. The van der Waals surface area contributed by atoms with Crippen LogP contribution in [-0.2, 0) is 9.53 Å². The molecule has 118 valence electrons. The molecule has 0 fully saturated rings. The van der Waals surface area contributed by atoms with Gasteiger partial charge in [0.15, 0.2) is 5.16 Å². The molecule has 7 nitrogen and oxygen atoms in total. The van der Waals surface area contributed by atoms with Gasteiger partial charge in [-0.25, -0.2) is 4.98 Å². The lowest BCUT2D eigenvalue weighted by Crippen LogP contribution is -2.14. The number of aromatic amines is 1. The minimum Gasteiger partial charge on any atom is -0.468 e. The molecule has 0 aliphatic carbocycles. The minimum absolute atomic E-state index is 0.0924. The average molecular weight is 351 g/mol. The number of nitrogens with one attached hydrogen (secondary N) is 1. The van der Waals surface area contributed by atoms with Crippen molar-refractivity contribution in [2.45, 2.75) is 5.16 Å². The van der Waals surface area contributed by atoms with Crippen molar-refractivity contribution in [2.24, 2.45) is 0 Å². The highest BCUT2D eigenvalue weighted by Gasteiger charge is 2.11. The van der Waals surface area contributed by atoms with Crippen LogP contribution in [0.5, 0.6) is 0 Å². The first-order valence-corrected chi connectivity index (χ1v) is 7.88. The van der Waals surface area contributed by atoms with Crippen LogP contribution in [0.15, 0.2) is 40.3 Å². The Morgan fingerprint density at radius 1 is 1.35 bits per heavy atom. The van der Waals surface area contributed by atoms with E-state index in [1.807, 2.05) is 0 Å². The van der Waals surface area contributed by atoms with Crippen molar-refractivity contribution in [3.05, 3.63) is 45.7 Å². The van der Waals surface area contributed by atoms with Gasteiger partial charge in [-0.15, -0.1) is 0 Å². The molecule has 0 saturated carbocycles. The van der Waals surface area contributed by atoms with E-state index in [1.165, 1.54) is 17.7 Å². The van der Waals surface area contributed by atoms with Gasteiger partial charge in [0.25, 0.3) is 11.3 Å². The zero-order valence-corrected chi connectivity index (χ0v) is 13.5. The van der Waals surface area contributed by atoms with E-state index < -0.39 is 0 Å². The Kier molecular flexibility index (Phi) is 4.35. The zero-order chi connectivity index (χ0) is 16.4. The van der Waals surface area contributed by atoms with Crippen LogP contribution in [0.1, 0.15) is 0 Å². The van der Waals surface area contributed by atoms with Crippen LogP contribution in [0.2, 0.25) is 5.02 Å². The number of methoxy groups -OCH3 is 1. The summed E-state index contributed by atoms with van der Waals surface area (Å²) in [7, 11) is 1.31. The van der Waals surface area contributed by atoms with Crippen LogP contribution in [0.3, 0.4) is 0 Å². The second kappa shape index (κ2) is 6.43. The molecule has 0 saturated heterocycles. The van der Waals surface area contributed by atoms with Gasteiger partial charge in [-0.1, -0.05) is 35.5 Å². The number of hydrogen-bond donors (Lipinski definition) is 1. The highest BCUT2D eigenvalue weighted by molar-refractivity contribution is 7.99. The SMILES string of the molecule is COC(=O)CSc1nc2nc(-c3ccc(Cl)cc3)cc(=O)n2[nH]1. The van der Waals surface area contributed by atoms with Gasteiger partial charge < -0.3 is 4.74 Å². The Hall–Kier alpha value is -2.32. The second-order valence-corrected chi connectivity index (χ2v) is 5.92. The maximum absolute atomic E-state index is 12.2. The highest BCUT2D eigenvalue weighted by atomic mass is 35.5. The van der Waals surface area contributed by atoms with E-state index in [1.54, 1.807) is 24.3 Å². The molecule has 1 N–H and O–H groups in total. The zero-order valence-electron chi connectivity index (χ0n) is 11.9. The molecule has 0 bridgehead atoms. The summed E-state index contributed by atoms with van der Waals surface area (Å²) in [6.45, 7) is 0. The van der Waals surface area contributed by atoms with Gasteiger partial charge in [0.1, 0.15) is 0 Å². The molecule has 0 aliphatic rings. The van der Waals surface area contributed by atoms with Crippen molar-refractivity contribution in [3.8, 4) is 11.3 Å². The first kappa shape index (κ1) is 15.6. The summed E-state index contributed by atoms with van der Waals surface area (Å²) < 4.78 is 5.78. The van der Waals surface area contributed by atoms with Crippen LogP contribution in [0, 0.1) is 0 Å². The van der Waals surface area contributed by atoms with Crippen molar-refractivity contribution >= 4 is 35.1 Å². The first-order chi connectivity index (χ1) is 11.1. The van der Waals surface area contributed by atoms with E-state index in [0.717, 1.165) is 17.3 Å². The normalized spacial score (nSPS) is 10.9. The minimum atomic E-state index is -0.377. The molecule has 0 unspecified atom stereocenters. The Balaban J connectivity index is 1.96. The van der Waals surface area contributed by atoms with Crippen molar-refractivity contribution < 1.29 is 9.53 Å². The van der Waals surface area contributed by atoms with Gasteiger partial charge in [-0.2, -0.15) is 9.50 Å². The van der Waals surface area contributed by atoms with E-state index in [4.69, 9.17) is 11.6 Å². The number of carbonyl (C=O) groups excluding carboxylic acids is 1. The fourth-order valence-corrected chi connectivity index (χ4v) is 2.68. The molecule has 2 aromatic heterocycles. The van der Waals surface area contributed by atoms with E-state index in [9.17, 15) is 9.59 Å². The lowest BCUT2D eigenvalue weighted by Gasteiger charge is -2.00. The standard InChI is InChI=1S/C14H11ClN4O3S/c1-22-12(21)7-23-14-17-13-16-10(6-11(20)19(13)18-14)8-2-4-9(15)5-3-8/h2-6H,7H2,1H3,(H,16,17,18). The van der Waals surface area contributed by atoms with Gasteiger partial charge >= 0.3 is 5.97 Å². The summed E-state index contributed by atoms with van der Waals surface area (Å²) in [6.07, 6.45) is 0. The Labute approximate surface area is 139 Å². The fraction of sp³-hybridized carbons (Fsp3) is 0.143. The van der Waals surface area contributed by atoms with Crippen LogP contribution in [0.25, 0.3) is 17.0 Å². The van der Waals surface area contributed by atoms with Gasteiger partial charge in [0, 0.05) is 16.7 Å². The Morgan fingerprint density at radius 3 is 2.78 bits per heavy atom. The maximum Gasteiger partial charge on any atom is 0.316 e. The summed E-state index contributed by atoms with van der Waals surface area (Å²) >= 11 is 6.99. The number of halogens is 1. The fourth-order valence-electron chi connectivity index (χ4n) is 1.88. The van der Waals surface area contributed by atoms with E-state index in [0.29, 0.717) is 15.9 Å². The van der Waals surface area contributed by atoms with Gasteiger partial charge in [-0.3, -0.25) is 14.7 Å². The molecular formula is C14H11ClN4O3S. The van der Waals surface area contributed by atoms with Crippen LogP contribution >= 0.6 is 23.4 Å². The number of fused-ring (bicyclic) bond motifs is 1. The van der Waals surface area contributed by atoms with E-state index >= 15 is 0 Å². The third-order valence-electron chi connectivity index (χ3n) is 3.00. The van der Waals surface area contributed by atoms with Gasteiger partial charge in [0.05, 0.1) is 18.6 Å². The van der Waals surface area contributed by atoms with Crippen molar-refractivity contribution in [1.82, 2.24) is 19.6 Å². The lowest BCUT2D eigenvalue weighted by molar-refractivity contribution is -0.137. The number of esters is 1. The molecule has 1 aromatic carbocycles. The topological polar surface area (TPSA) is 89.3 Å². The summed E-state index contributed by atoms with van der Waals surface area (Å²) in [4.78, 5) is 31.9. The monoisotopic (exact) mass is 350 g/mol. The molecule has 0 amide bonds. The third kappa shape index (κ3) is 3.38. The number of carbonyl (C=O) groups is 1. The van der Waals surface area contributed by atoms with E-state index in [-0.39, 0.29) is 23.1 Å². The van der Waals surface area contributed by atoms with Crippen LogP contribution in [0.4, 0.5) is 0 Å². The van der Waals surface area contributed by atoms with Crippen molar-refractivity contribution in [1.29, 1.82) is 0 Å². The maximum atomic E-state index is 12.2. The number of rotatable bonds is 4. The van der Waals surface area contributed by atoms with Gasteiger partial charge in [0.2, 0.25) is 0 Å². The Morgan fingerprint density at radius 2 is 2.09 bits per heavy atom. The molecule has 3 rings (SSSR count). The predicted octanol–water partition coefficient (Wildman–Crippen LogP) is 2.00. The molecule has 0 radical (unpaired) electrons. The predicted molar refractivity (Wildman–Crippen MR) is 86.8 cm³/mol. The highest BCUT2D eigenvalue weighted by Crippen LogP contribution is 2.19. The smallest absolute Gasteiger partial charge is 0.316 e. The number of hydrogen-bond acceptors (Lipinski definition) is 6. The van der Waals surface area contributed by atoms with Crippen LogP contribution < -0.4 is 5.56 Å². The van der Waals surface area contributed by atoms with Crippen molar-refractivity contribution in [2.75, 3.05) is 12.9 Å². The molecule has 23 heavy (non-hydrogen) atoms. The first-order valence-electron chi connectivity index (χ1n) is 6.52. The molecule has 0 aliphatic heterocycles. The van der Waals surface area contributed by atoms with E-state index in [2.05, 4.69) is 19.8 Å². The summed E-state index contributed by atoms with van der Waals surface area (Å²) in [5, 5.41) is 3.81. The number of thioether (sulfide) groups is 1. The average Bonchev–Trinajstić information content (AvgIpc) is 2.97. The summed E-state index contributed by atoms with van der Waals surface area (Å²) in [6, 6.07) is 8.41. The third-order valence-corrected chi connectivity index (χ3v) is 4.09. The van der Waals surface area contributed by atoms with Gasteiger partial charge in [-0.05, 0) is 12.1 Å². The lowest BCUT2D eigenvalue weighted by atomic mass is 10.1. The molecule has 0 spiro atoms. The number of H-pyrrole nitrogens is 1. The Bertz CT molecular complexity index is 920. The molecule has 0 atom stereocenters. The number of nitrogens with zero attached hydrogens (tertiary/aromatic N) is 3. The number of aromatic nitrogens is 4. The number of benzene rings is 1. The largest absolute Gasteiger partial charge is 0.468 e. The molecular weight excluding hydrogens is 340 g/mol. The summed E-state index contributed by atoms with van der Waals surface area (Å²) in [5.74, 6) is -0.0535. The quantitative estimate of drug-likeness (QED) is 0.572. The second-order valence-electron chi connectivity index (χ2n) is 4.52. The van der Waals surface area contributed by atoms with Crippen molar-refractivity contribution in [3.63, 3.8) is 0 Å². The summed E-state index contributed by atoms with van der Waals surface area (Å²) in [5.41, 5.74) is 0.973. The molecule has 9 heteroatoms.